The van der Waals surface area contributed by atoms with E-state index in [0.29, 0.717) is 12.8 Å². The number of alkyl carbamates (subject to hydrolysis) is 1. The molecule has 108 valence electrons. The molecule has 0 saturated heterocycles. The van der Waals surface area contributed by atoms with Crippen molar-refractivity contribution in [3.8, 4) is 0 Å². The van der Waals surface area contributed by atoms with E-state index in [2.05, 4.69) is 16.6 Å². The summed E-state index contributed by atoms with van der Waals surface area (Å²) in [5, 5.41) is 2.49. The van der Waals surface area contributed by atoms with Gasteiger partial charge in [0.25, 0.3) is 0 Å². The second kappa shape index (κ2) is 8.74. The Hall–Kier alpha value is -2.30. The van der Waals surface area contributed by atoms with E-state index in [-0.39, 0.29) is 6.61 Å². The Labute approximate surface area is 118 Å². The molecule has 1 rings (SSSR count). The zero-order valence-corrected chi connectivity index (χ0v) is 11.5. The Morgan fingerprint density at radius 1 is 1.35 bits per heavy atom. The molecule has 0 heterocycles. The Balaban J connectivity index is 2.44. The van der Waals surface area contributed by atoms with E-state index in [1.165, 1.54) is 7.11 Å². The maximum Gasteiger partial charge on any atom is 0.408 e. The first kappa shape index (κ1) is 15.8. The molecule has 1 atom stereocenters. The second-order valence-electron chi connectivity index (χ2n) is 4.15. The number of esters is 1. The molecule has 0 fully saturated rings. The van der Waals surface area contributed by atoms with Gasteiger partial charge in [-0.05, 0) is 18.4 Å². The average molecular weight is 277 g/mol. The maximum absolute atomic E-state index is 11.6. The lowest BCUT2D eigenvalue weighted by atomic mass is 10.1. The van der Waals surface area contributed by atoms with Gasteiger partial charge in [0.05, 0.1) is 7.11 Å². The van der Waals surface area contributed by atoms with Crippen LogP contribution in [0.2, 0.25) is 0 Å². The topological polar surface area (TPSA) is 64.6 Å². The average Bonchev–Trinajstić information content (AvgIpc) is 2.49. The van der Waals surface area contributed by atoms with Gasteiger partial charge in [-0.15, -0.1) is 6.58 Å². The zero-order valence-electron chi connectivity index (χ0n) is 11.5. The van der Waals surface area contributed by atoms with E-state index >= 15 is 0 Å². The third-order valence-electron chi connectivity index (χ3n) is 2.65. The highest BCUT2D eigenvalue weighted by atomic mass is 16.6. The SMILES string of the molecule is C=CCC[C@H](NC(=O)OCc1ccccc1)C(=O)OC. The summed E-state index contributed by atoms with van der Waals surface area (Å²) in [7, 11) is 1.28. The van der Waals surface area contributed by atoms with E-state index < -0.39 is 18.1 Å². The molecule has 1 N–H and O–H groups in total. The van der Waals surface area contributed by atoms with Gasteiger partial charge >= 0.3 is 12.1 Å². The standard InChI is InChI=1S/C15H19NO4/c1-3-4-10-13(14(17)19-2)16-15(18)20-11-12-8-6-5-7-9-12/h3,5-9,13H,1,4,10-11H2,2H3,(H,16,18)/t13-/m0/s1. The molecule has 1 aromatic rings. The summed E-state index contributed by atoms with van der Waals surface area (Å²) in [6.45, 7) is 3.73. The van der Waals surface area contributed by atoms with Crippen molar-refractivity contribution in [1.29, 1.82) is 0 Å². The second-order valence-corrected chi connectivity index (χ2v) is 4.15. The molecule has 0 bridgehead atoms. The number of carbonyl (C=O) groups excluding carboxylic acids is 2. The van der Waals surface area contributed by atoms with Gasteiger partial charge in [-0.1, -0.05) is 36.4 Å². The highest BCUT2D eigenvalue weighted by Gasteiger charge is 2.21. The van der Waals surface area contributed by atoms with Gasteiger partial charge in [0.1, 0.15) is 12.6 Å². The Morgan fingerprint density at radius 2 is 2.05 bits per heavy atom. The van der Waals surface area contributed by atoms with Crippen molar-refractivity contribution in [2.75, 3.05) is 7.11 Å². The minimum Gasteiger partial charge on any atom is -0.467 e. The molecule has 0 aliphatic heterocycles. The van der Waals surface area contributed by atoms with Crippen LogP contribution in [0.15, 0.2) is 43.0 Å². The smallest absolute Gasteiger partial charge is 0.408 e. The lowest BCUT2D eigenvalue weighted by Crippen LogP contribution is -2.41. The van der Waals surface area contributed by atoms with Crippen LogP contribution in [0.3, 0.4) is 0 Å². The van der Waals surface area contributed by atoms with Gasteiger partial charge in [0.2, 0.25) is 0 Å². The van der Waals surface area contributed by atoms with Crippen molar-refractivity contribution in [3.05, 3.63) is 48.6 Å². The highest BCUT2D eigenvalue weighted by Crippen LogP contribution is 2.03. The summed E-state index contributed by atoms with van der Waals surface area (Å²) < 4.78 is 9.68. The molecular weight excluding hydrogens is 258 g/mol. The van der Waals surface area contributed by atoms with Crippen LogP contribution in [0.4, 0.5) is 4.79 Å². The van der Waals surface area contributed by atoms with E-state index in [0.717, 1.165) is 5.56 Å². The summed E-state index contributed by atoms with van der Waals surface area (Å²) in [4.78, 5) is 23.1. The Kier molecular flexibility index (Phi) is 6.89. The number of hydrogen-bond donors (Lipinski definition) is 1. The van der Waals surface area contributed by atoms with Crippen molar-refractivity contribution < 1.29 is 19.1 Å². The molecule has 0 unspecified atom stereocenters. The minimum atomic E-state index is -0.721. The monoisotopic (exact) mass is 277 g/mol. The quantitative estimate of drug-likeness (QED) is 0.614. The van der Waals surface area contributed by atoms with Crippen LogP contribution >= 0.6 is 0 Å². The van der Waals surface area contributed by atoms with Gasteiger partial charge in [-0.2, -0.15) is 0 Å². The number of rotatable bonds is 7. The predicted octanol–water partition coefficient (Wildman–Crippen LogP) is 2.42. The normalized spacial score (nSPS) is 11.2. The molecule has 0 spiro atoms. The van der Waals surface area contributed by atoms with Crippen molar-refractivity contribution >= 4 is 12.1 Å². The number of nitrogens with one attached hydrogen (secondary N) is 1. The predicted molar refractivity (Wildman–Crippen MR) is 75.0 cm³/mol. The van der Waals surface area contributed by atoms with E-state index in [1.54, 1.807) is 6.08 Å². The largest absolute Gasteiger partial charge is 0.467 e. The molecule has 0 aliphatic carbocycles. The number of benzene rings is 1. The summed E-state index contributed by atoms with van der Waals surface area (Å²) >= 11 is 0. The molecule has 5 heteroatoms. The lowest BCUT2D eigenvalue weighted by Gasteiger charge is -2.15. The molecular formula is C15H19NO4. The van der Waals surface area contributed by atoms with Gasteiger partial charge in [0, 0.05) is 0 Å². The van der Waals surface area contributed by atoms with Crippen LogP contribution in [0.5, 0.6) is 0 Å². The molecule has 0 saturated carbocycles. The third kappa shape index (κ3) is 5.56. The fourth-order valence-corrected chi connectivity index (χ4v) is 1.58. The van der Waals surface area contributed by atoms with Gasteiger partial charge in [-0.3, -0.25) is 0 Å². The van der Waals surface area contributed by atoms with E-state index in [1.807, 2.05) is 30.3 Å². The Bertz CT molecular complexity index is 444. The van der Waals surface area contributed by atoms with E-state index in [4.69, 9.17) is 4.74 Å². The van der Waals surface area contributed by atoms with Crippen LogP contribution in [0, 0.1) is 0 Å². The van der Waals surface area contributed by atoms with Crippen molar-refractivity contribution in [3.63, 3.8) is 0 Å². The van der Waals surface area contributed by atoms with Gasteiger partial charge in [-0.25, -0.2) is 9.59 Å². The number of methoxy groups -OCH3 is 1. The van der Waals surface area contributed by atoms with E-state index in [9.17, 15) is 9.59 Å². The molecule has 0 aliphatic rings. The number of hydrogen-bond acceptors (Lipinski definition) is 4. The first-order chi connectivity index (χ1) is 9.67. The molecule has 20 heavy (non-hydrogen) atoms. The third-order valence-corrected chi connectivity index (χ3v) is 2.65. The molecule has 1 amide bonds. The van der Waals surface area contributed by atoms with Crippen LogP contribution in [0.25, 0.3) is 0 Å². The van der Waals surface area contributed by atoms with Crippen LogP contribution in [0.1, 0.15) is 18.4 Å². The molecule has 0 aromatic heterocycles. The van der Waals surface area contributed by atoms with Crippen LogP contribution in [-0.2, 0) is 20.9 Å². The Morgan fingerprint density at radius 3 is 2.65 bits per heavy atom. The number of carbonyl (C=O) groups is 2. The summed E-state index contributed by atoms with van der Waals surface area (Å²) in [5.74, 6) is -0.497. The molecule has 5 nitrogen and oxygen atoms in total. The first-order valence-electron chi connectivity index (χ1n) is 6.33. The maximum atomic E-state index is 11.6. The number of allylic oxidation sites excluding steroid dienone is 1. The fourth-order valence-electron chi connectivity index (χ4n) is 1.58. The van der Waals surface area contributed by atoms with Crippen molar-refractivity contribution in [2.45, 2.75) is 25.5 Å². The van der Waals surface area contributed by atoms with Crippen LogP contribution < -0.4 is 5.32 Å². The minimum absolute atomic E-state index is 0.155. The van der Waals surface area contributed by atoms with Crippen molar-refractivity contribution in [2.24, 2.45) is 0 Å². The number of amides is 1. The fraction of sp³-hybridized carbons (Fsp3) is 0.333. The molecule has 0 radical (unpaired) electrons. The lowest BCUT2D eigenvalue weighted by molar-refractivity contribution is -0.143. The van der Waals surface area contributed by atoms with Crippen LogP contribution in [-0.4, -0.2) is 25.2 Å². The zero-order chi connectivity index (χ0) is 14.8. The summed E-state index contributed by atoms with van der Waals surface area (Å²) in [6.07, 6.45) is 2.05. The first-order valence-corrected chi connectivity index (χ1v) is 6.33. The van der Waals surface area contributed by atoms with Gasteiger partial charge in [0.15, 0.2) is 0 Å². The van der Waals surface area contributed by atoms with Crippen molar-refractivity contribution in [1.82, 2.24) is 5.32 Å². The summed E-state index contributed by atoms with van der Waals surface area (Å²) in [5.41, 5.74) is 0.878. The summed E-state index contributed by atoms with van der Waals surface area (Å²) in [6, 6.07) is 8.58. The van der Waals surface area contributed by atoms with Gasteiger partial charge < -0.3 is 14.8 Å². The molecule has 1 aromatic carbocycles. The number of ether oxygens (including phenoxy) is 2. The highest BCUT2D eigenvalue weighted by molar-refractivity contribution is 5.81.